The van der Waals surface area contributed by atoms with Gasteiger partial charge in [0.05, 0.1) is 22.1 Å². The van der Waals surface area contributed by atoms with Crippen molar-refractivity contribution in [3.8, 4) is 45.1 Å². The Kier molecular flexibility index (Phi) is 6.27. The van der Waals surface area contributed by atoms with Crippen molar-refractivity contribution in [3.05, 3.63) is 181 Å². The second-order valence-electron chi connectivity index (χ2n) is 14.6. The maximum atomic E-state index is 5.61. The van der Waals surface area contributed by atoms with Crippen molar-refractivity contribution in [1.29, 1.82) is 0 Å². The highest BCUT2D eigenvalue weighted by molar-refractivity contribution is 6.14. The lowest BCUT2D eigenvalue weighted by molar-refractivity contribution is 0.661. The van der Waals surface area contributed by atoms with Crippen LogP contribution < -0.4 is 0 Å². The first-order chi connectivity index (χ1) is 26.1. The third-order valence-corrected chi connectivity index (χ3v) is 11.3. The van der Waals surface area contributed by atoms with Gasteiger partial charge in [0.1, 0.15) is 11.2 Å². The molecule has 0 saturated heterocycles. The Hall–Kier alpha value is -6.78. The van der Waals surface area contributed by atoms with Crippen molar-refractivity contribution in [1.82, 2.24) is 19.1 Å². The summed E-state index contributed by atoms with van der Waals surface area (Å²) in [5.41, 5.74) is 15.7. The fourth-order valence-corrected chi connectivity index (χ4v) is 8.82. The molecule has 4 nitrogen and oxygen atoms in total. The maximum Gasteiger partial charge on any atom is 0.235 e. The second kappa shape index (κ2) is 11.1. The Labute approximate surface area is 307 Å². The highest BCUT2D eigenvalue weighted by atomic mass is 15.2. The summed E-state index contributed by atoms with van der Waals surface area (Å²) >= 11 is 0. The van der Waals surface area contributed by atoms with E-state index in [2.05, 4.69) is 193 Å². The Morgan fingerprint density at radius 1 is 0.434 bits per heavy atom. The first-order valence-electron chi connectivity index (χ1n) is 18.3. The molecule has 0 aliphatic heterocycles. The van der Waals surface area contributed by atoms with Crippen molar-refractivity contribution >= 4 is 43.7 Å². The Morgan fingerprint density at radius 3 is 1.89 bits per heavy atom. The summed E-state index contributed by atoms with van der Waals surface area (Å²) in [4.78, 5) is 11.2. The van der Waals surface area contributed by atoms with Crippen LogP contribution in [0.2, 0.25) is 0 Å². The van der Waals surface area contributed by atoms with Crippen LogP contribution in [0.4, 0.5) is 0 Å². The van der Waals surface area contributed by atoms with E-state index in [-0.39, 0.29) is 5.41 Å². The van der Waals surface area contributed by atoms with Crippen LogP contribution in [0.15, 0.2) is 170 Å². The molecule has 250 valence electrons. The Bertz CT molecular complexity index is 3060. The number of para-hydroxylation sites is 2. The molecular weight excluding hydrogens is 645 g/mol. The highest BCUT2D eigenvalue weighted by Gasteiger charge is 2.36. The molecule has 0 amide bonds. The van der Waals surface area contributed by atoms with E-state index in [1.54, 1.807) is 0 Å². The molecule has 10 aromatic rings. The van der Waals surface area contributed by atoms with Gasteiger partial charge in [-0.25, -0.2) is 9.97 Å². The number of hydrogen-bond acceptors (Lipinski definition) is 2. The third kappa shape index (κ3) is 4.30. The maximum absolute atomic E-state index is 5.61. The van der Waals surface area contributed by atoms with E-state index in [0.717, 1.165) is 55.5 Å². The van der Waals surface area contributed by atoms with Crippen molar-refractivity contribution in [3.63, 3.8) is 0 Å². The van der Waals surface area contributed by atoms with E-state index >= 15 is 0 Å². The average molecular weight is 679 g/mol. The van der Waals surface area contributed by atoms with Crippen LogP contribution in [0.5, 0.6) is 0 Å². The van der Waals surface area contributed by atoms with Gasteiger partial charge in [0, 0.05) is 32.8 Å². The molecule has 7 aromatic carbocycles. The fourth-order valence-electron chi connectivity index (χ4n) is 8.82. The van der Waals surface area contributed by atoms with Gasteiger partial charge in [-0.3, -0.25) is 4.57 Å². The lowest BCUT2D eigenvalue weighted by Gasteiger charge is -2.21. The van der Waals surface area contributed by atoms with E-state index < -0.39 is 0 Å². The lowest BCUT2D eigenvalue weighted by atomic mass is 9.82. The van der Waals surface area contributed by atoms with Gasteiger partial charge in [-0.1, -0.05) is 141 Å². The molecule has 0 saturated carbocycles. The Balaban J connectivity index is 1.29. The molecule has 0 radical (unpaired) electrons. The summed E-state index contributed by atoms with van der Waals surface area (Å²) in [6.45, 7) is 4.69. The zero-order valence-corrected chi connectivity index (χ0v) is 29.5. The van der Waals surface area contributed by atoms with Crippen LogP contribution in [0.25, 0.3) is 88.9 Å². The smallest absolute Gasteiger partial charge is 0.235 e. The summed E-state index contributed by atoms with van der Waals surface area (Å²) in [6.07, 6.45) is 0. The molecule has 11 rings (SSSR count). The van der Waals surface area contributed by atoms with Gasteiger partial charge in [0.2, 0.25) is 5.95 Å². The monoisotopic (exact) mass is 678 g/mol. The zero-order valence-electron chi connectivity index (χ0n) is 29.5. The van der Waals surface area contributed by atoms with Crippen LogP contribution in [-0.2, 0) is 5.41 Å². The fraction of sp³-hybridized carbons (Fsp3) is 0.0612. The average Bonchev–Trinajstić information content (AvgIpc) is 3.80. The molecule has 0 bridgehead atoms. The van der Waals surface area contributed by atoms with Gasteiger partial charge in [-0.15, -0.1) is 0 Å². The van der Waals surface area contributed by atoms with E-state index in [4.69, 9.17) is 9.97 Å². The van der Waals surface area contributed by atoms with E-state index in [0.29, 0.717) is 5.95 Å². The molecule has 53 heavy (non-hydrogen) atoms. The van der Waals surface area contributed by atoms with Gasteiger partial charge in [-0.05, 0) is 75.8 Å². The summed E-state index contributed by atoms with van der Waals surface area (Å²) in [5, 5.41) is 3.49. The molecule has 3 aromatic heterocycles. The molecule has 0 unspecified atom stereocenters. The number of hydrogen-bond donors (Lipinski definition) is 0. The van der Waals surface area contributed by atoms with E-state index in [9.17, 15) is 0 Å². The first kappa shape index (κ1) is 29.9. The summed E-state index contributed by atoms with van der Waals surface area (Å²) in [7, 11) is 0. The highest BCUT2D eigenvalue weighted by Crippen LogP contribution is 2.51. The molecular formula is C49H34N4. The number of benzene rings is 7. The topological polar surface area (TPSA) is 35.6 Å². The summed E-state index contributed by atoms with van der Waals surface area (Å²) < 4.78 is 4.63. The number of aromatic nitrogens is 4. The number of rotatable bonds is 4. The SMILES string of the molecule is CC1(C)c2ccccc2-c2cc3c(cc21)c1ccccc1n3-c1nc(-c2ccccc2)c2c(n1)c1cc(-c3ccccc3)ccc1n2-c1ccccc1. The standard InChI is InChI=1S/C49H34N4/c1-49(2)40-24-14-12-22-35(40)37-30-44-38(29-41(37)49)36-23-13-15-25-42(36)53(44)48-50-45(32-18-8-4-9-19-32)47-46(51-48)39-28-33(31-16-6-3-7-17-31)26-27-43(39)52(47)34-20-10-5-11-21-34/h3-30H,1-2H3. The van der Waals surface area contributed by atoms with Crippen LogP contribution in [0, 0.1) is 0 Å². The van der Waals surface area contributed by atoms with Crippen LogP contribution in [0.1, 0.15) is 25.0 Å². The van der Waals surface area contributed by atoms with Gasteiger partial charge in [0.15, 0.2) is 0 Å². The molecule has 0 N–H and O–H groups in total. The van der Waals surface area contributed by atoms with E-state index in [1.165, 1.54) is 38.6 Å². The zero-order chi connectivity index (χ0) is 35.3. The molecule has 0 spiro atoms. The van der Waals surface area contributed by atoms with Gasteiger partial charge in [0.25, 0.3) is 0 Å². The summed E-state index contributed by atoms with van der Waals surface area (Å²) in [6, 6.07) is 60.9. The normalized spacial score (nSPS) is 13.2. The quantitative estimate of drug-likeness (QED) is 0.186. The lowest BCUT2D eigenvalue weighted by Crippen LogP contribution is -2.14. The minimum atomic E-state index is -0.102. The molecule has 0 atom stereocenters. The molecule has 1 aliphatic carbocycles. The van der Waals surface area contributed by atoms with Gasteiger partial charge in [-0.2, -0.15) is 0 Å². The predicted octanol–water partition coefficient (Wildman–Crippen LogP) is 12.3. The third-order valence-electron chi connectivity index (χ3n) is 11.3. The molecule has 3 heterocycles. The van der Waals surface area contributed by atoms with Crippen molar-refractivity contribution in [2.75, 3.05) is 0 Å². The molecule has 4 heteroatoms. The van der Waals surface area contributed by atoms with Gasteiger partial charge < -0.3 is 4.57 Å². The van der Waals surface area contributed by atoms with Crippen molar-refractivity contribution in [2.24, 2.45) is 0 Å². The number of nitrogens with zero attached hydrogens (tertiary/aromatic N) is 4. The summed E-state index contributed by atoms with van der Waals surface area (Å²) in [5.74, 6) is 0.658. The van der Waals surface area contributed by atoms with Crippen LogP contribution in [0.3, 0.4) is 0 Å². The minimum absolute atomic E-state index is 0.102. The predicted molar refractivity (Wildman–Crippen MR) is 219 cm³/mol. The van der Waals surface area contributed by atoms with Crippen molar-refractivity contribution < 1.29 is 0 Å². The molecule has 1 aliphatic rings. The Morgan fingerprint density at radius 2 is 1.09 bits per heavy atom. The second-order valence-corrected chi connectivity index (χ2v) is 14.6. The van der Waals surface area contributed by atoms with Crippen molar-refractivity contribution in [2.45, 2.75) is 19.3 Å². The van der Waals surface area contributed by atoms with Gasteiger partial charge >= 0.3 is 0 Å². The van der Waals surface area contributed by atoms with Crippen LogP contribution in [-0.4, -0.2) is 19.1 Å². The largest absolute Gasteiger partial charge is 0.306 e. The van der Waals surface area contributed by atoms with E-state index in [1.807, 2.05) is 0 Å². The molecule has 0 fully saturated rings. The van der Waals surface area contributed by atoms with Crippen LogP contribution >= 0.6 is 0 Å². The minimum Gasteiger partial charge on any atom is -0.306 e. The number of fused-ring (bicyclic) bond motifs is 9. The first-order valence-corrected chi connectivity index (χ1v) is 18.3.